The predicted molar refractivity (Wildman–Crippen MR) is 207 cm³/mol. The van der Waals surface area contributed by atoms with Gasteiger partial charge in [0.05, 0.1) is 33.5 Å². The van der Waals surface area contributed by atoms with Gasteiger partial charge >= 0.3 is 0 Å². The van der Waals surface area contributed by atoms with E-state index in [1.807, 2.05) is 12.1 Å². The summed E-state index contributed by atoms with van der Waals surface area (Å²) in [5, 5.41) is 4.83. The van der Waals surface area contributed by atoms with Crippen molar-refractivity contribution in [1.29, 1.82) is 0 Å². The van der Waals surface area contributed by atoms with E-state index in [0.29, 0.717) is 5.82 Å². The summed E-state index contributed by atoms with van der Waals surface area (Å²) in [5.41, 5.74) is 11.8. The van der Waals surface area contributed by atoms with Gasteiger partial charge in [-0.15, -0.1) is 0 Å². The summed E-state index contributed by atoms with van der Waals surface area (Å²) in [7, 11) is 0. The maximum Gasteiger partial charge on any atom is 0.160 e. The summed E-state index contributed by atoms with van der Waals surface area (Å²) >= 11 is 0. The van der Waals surface area contributed by atoms with E-state index in [2.05, 4.69) is 179 Å². The zero-order valence-corrected chi connectivity index (χ0v) is 27.1. The Morgan fingerprint density at radius 2 is 0.760 bits per heavy atom. The molecule has 0 aliphatic heterocycles. The van der Waals surface area contributed by atoms with Crippen LogP contribution in [0.15, 0.2) is 182 Å². The largest absolute Gasteiger partial charge is 0.309 e. The molecule has 4 heteroatoms. The highest BCUT2D eigenvalue weighted by Gasteiger charge is 2.18. The fraction of sp³-hybridized carbons (Fsp3) is 0. The molecule has 0 saturated carbocycles. The van der Waals surface area contributed by atoms with Crippen LogP contribution in [0.3, 0.4) is 0 Å². The van der Waals surface area contributed by atoms with E-state index < -0.39 is 0 Å². The number of rotatable bonds is 5. The van der Waals surface area contributed by atoms with Crippen LogP contribution in [0.4, 0.5) is 0 Å². The van der Waals surface area contributed by atoms with Crippen LogP contribution in [0.2, 0.25) is 0 Å². The molecule has 0 N–H and O–H groups in total. The van der Waals surface area contributed by atoms with Gasteiger partial charge in [-0.1, -0.05) is 115 Å². The number of para-hydroxylation sites is 3. The Labute approximate surface area is 289 Å². The van der Waals surface area contributed by atoms with Crippen LogP contribution >= 0.6 is 0 Å². The summed E-state index contributed by atoms with van der Waals surface area (Å²) in [6, 6.07) is 64.3. The van der Waals surface area contributed by atoms with Crippen LogP contribution in [0.25, 0.3) is 88.9 Å². The second kappa shape index (κ2) is 11.4. The average Bonchev–Trinajstić information content (AvgIpc) is 3.71. The molecular weight excluding hydrogens is 609 g/mol. The van der Waals surface area contributed by atoms with Crippen molar-refractivity contribution in [1.82, 2.24) is 19.1 Å². The molecule has 0 saturated heterocycles. The molecule has 3 aromatic heterocycles. The Morgan fingerprint density at radius 1 is 0.300 bits per heavy atom. The topological polar surface area (TPSA) is 35.6 Å². The van der Waals surface area contributed by atoms with E-state index in [-0.39, 0.29) is 0 Å². The SMILES string of the molecule is c1ccc(-c2cc(-c3ccccc3)nc(-c3ccc4c(c3)c3cc(-n5c6ccccc6c6ccccc65)ccc3n4-c3ccccc3)n2)cc1. The van der Waals surface area contributed by atoms with Gasteiger partial charge in [-0.3, -0.25) is 0 Å². The lowest BCUT2D eigenvalue weighted by molar-refractivity contribution is 1.16. The third kappa shape index (κ3) is 4.54. The Hall–Kier alpha value is -6.78. The molecule has 0 bridgehead atoms. The molecule has 10 aromatic rings. The molecule has 0 atom stereocenters. The van der Waals surface area contributed by atoms with Crippen LogP contribution < -0.4 is 0 Å². The number of hydrogen-bond acceptors (Lipinski definition) is 2. The van der Waals surface area contributed by atoms with Crippen LogP contribution in [0, 0.1) is 0 Å². The number of fused-ring (bicyclic) bond motifs is 6. The summed E-state index contributed by atoms with van der Waals surface area (Å²) < 4.78 is 4.75. The van der Waals surface area contributed by atoms with E-state index in [4.69, 9.17) is 9.97 Å². The normalized spacial score (nSPS) is 11.6. The van der Waals surface area contributed by atoms with Gasteiger partial charge in [-0.2, -0.15) is 0 Å². The molecular formula is C46H30N4. The van der Waals surface area contributed by atoms with Crippen LogP contribution in [-0.4, -0.2) is 19.1 Å². The molecule has 234 valence electrons. The van der Waals surface area contributed by atoms with Gasteiger partial charge in [0.25, 0.3) is 0 Å². The third-order valence-electron chi connectivity index (χ3n) is 9.72. The first-order chi connectivity index (χ1) is 24.8. The molecule has 0 radical (unpaired) electrons. The van der Waals surface area contributed by atoms with E-state index >= 15 is 0 Å². The average molecular weight is 639 g/mol. The van der Waals surface area contributed by atoms with Crippen molar-refractivity contribution in [2.45, 2.75) is 0 Å². The highest BCUT2D eigenvalue weighted by molar-refractivity contribution is 6.13. The second-order valence-electron chi connectivity index (χ2n) is 12.7. The molecule has 4 nitrogen and oxygen atoms in total. The van der Waals surface area contributed by atoms with Crippen molar-refractivity contribution in [2.75, 3.05) is 0 Å². The fourth-order valence-corrected chi connectivity index (χ4v) is 7.44. The quantitative estimate of drug-likeness (QED) is 0.188. The highest BCUT2D eigenvalue weighted by Crippen LogP contribution is 2.38. The molecule has 50 heavy (non-hydrogen) atoms. The summed E-state index contributed by atoms with van der Waals surface area (Å²) in [6.07, 6.45) is 0. The second-order valence-corrected chi connectivity index (χ2v) is 12.7. The standard InChI is InChI=1S/C46H30N4/c1-4-14-31(15-5-1)40-30-41(32-16-6-2-7-17-32)48-46(47-40)33-24-26-44-38(28-33)39-29-35(25-27-45(39)49(44)34-18-8-3-9-19-34)50-42-22-12-10-20-36(42)37-21-11-13-23-43(37)50/h1-30H. The number of benzene rings is 7. The van der Waals surface area contributed by atoms with Gasteiger partial charge in [-0.25, -0.2) is 9.97 Å². The molecule has 0 unspecified atom stereocenters. The maximum atomic E-state index is 5.16. The van der Waals surface area contributed by atoms with E-state index in [1.54, 1.807) is 0 Å². The van der Waals surface area contributed by atoms with Gasteiger partial charge in [0.15, 0.2) is 5.82 Å². The first kappa shape index (κ1) is 28.3. The molecule has 0 aliphatic rings. The van der Waals surface area contributed by atoms with Crippen LogP contribution in [0.1, 0.15) is 0 Å². The van der Waals surface area contributed by atoms with E-state index in [1.165, 1.54) is 27.2 Å². The van der Waals surface area contributed by atoms with Crippen LogP contribution in [-0.2, 0) is 0 Å². The Morgan fingerprint density at radius 3 is 1.36 bits per heavy atom. The number of nitrogens with zero attached hydrogens (tertiary/aromatic N) is 4. The van der Waals surface area contributed by atoms with Gasteiger partial charge in [0.1, 0.15) is 0 Å². The first-order valence-corrected chi connectivity index (χ1v) is 16.9. The summed E-state index contributed by atoms with van der Waals surface area (Å²) in [4.78, 5) is 10.3. The van der Waals surface area contributed by atoms with Crippen molar-refractivity contribution < 1.29 is 0 Å². The lowest BCUT2D eigenvalue weighted by atomic mass is 10.1. The molecule has 0 amide bonds. The van der Waals surface area contributed by atoms with E-state index in [0.717, 1.165) is 55.9 Å². The molecule has 7 aromatic carbocycles. The summed E-state index contributed by atoms with van der Waals surface area (Å²) in [5.74, 6) is 0.700. The fourth-order valence-electron chi connectivity index (χ4n) is 7.44. The monoisotopic (exact) mass is 638 g/mol. The number of aromatic nitrogens is 4. The molecule has 0 aliphatic carbocycles. The van der Waals surface area contributed by atoms with Crippen molar-refractivity contribution in [3.63, 3.8) is 0 Å². The molecule has 0 spiro atoms. The van der Waals surface area contributed by atoms with Gasteiger partial charge < -0.3 is 9.13 Å². The first-order valence-electron chi connectivity index (χ1n) is 16.9. The van der Waals surface area contributed by atoms with Crippen molar-refractivity contribution >= 4 is 43.6 Å². The van der Waals surface area contributed by atoms with Gasteiger partial charge in [0.2, 0.25) is 0 Å². The lowest BCUT2D eigenvalue weighted by Crippen LogP contribution is -1.96. The lowest BCUT2D eigenvalue weighted by Gasteiger charge is -2.10. The zero-order valence-electron chi connectivity index (χ0n) is 27.1. The molecule has 0 fully saturated rings. The molecule has 10 rings (SSSR count). The predicted octanol–water partition coefficient (Wildman–Crippen LogP) is 11.7. The Balaban J connectivity index is 1.24. The maximum absolute atomic E-state index is 5.16. The Kier molecular flexibility index (Phi) is 6.46. The summed E-state index contributed by atoms with van der Waals surface area (Å²) in [6.45, 7) is 0. The van der Waals surface area contributed by atoms with Crippen LogP contribution in [0.5, 0.6) is 0 Å². The minimum absolute atomic E-state index is 0.700. The molecule has 3 heterocycles. The van der Waals surface area contributed by atoms with Gasteiger partial charge in [-0.05, 0) is 66.7 Å². The van der Waals surface area contributed by atoms with E-state index in [9.17, 15) is 0 Å². The smallest absolute Gasteiger partial charge is 0.160 e. The third-order valence-corrected chi connectivity index (χ3v) is 9.72. The number of hydrogen-bond donors (Lipinski definition) is 0. The van der Waals surface area contributed by atoms with Crippen molar-refractivity contribution in [2.24, 2.45) is 0 Å². The zero-order chi connectivity index (χ0) is 33.0. The highest BCUT2D eigenvalue weighted by atomic mass is 15.0. The minimum atomic E-state index is 0.700. The van der Waals surface area contributed by atoms with Crippen molar-refractivity contribution in [3.8, 4) is 45.3 Å². The van der Waals surface area contributed by atoms with Crippen molar-refractivity contribution in [3.05, 3.63) is 182 Å². The minimum Gasteiger partial charge on any atom is -0.309 e. The van der Waals surface area contributed by atoms with Gasteiger partial charge in [0, 0.05) is 49.6 Å². The Bertz CT molecular complexity index is 2740.